The van der Waals surface area contributed by atoms with E-state index in [1.165, 1.54) is 4.88 Å². The lowest BCUT2D eigenvalue weighted by Gasteiger charge is -2.23. The fraction of sp³-hybridized carbons (Fsp3) is 0.250. The van der Waals surface area contributed by atoms with Crippen molar-refractivity contribution >= 4 is 22.9 Å². The summed E-state index contributed by atoms with van der Waals surface area (Å²) in [6.45, 7) is 2.63. The predicted octanol–water partition coefficient (Wildman–Crippen LogP) is 3.08. The van der Waals surface area contributed by atoms with Crippen molar-refractivity contribution in [2.75, 3.05) is 12.4 Å². The molecule has 0 aliphatic carbocycles. The molecular formula is C16H17N3OS. The van der Waals surface area contributed by atoms with E-state index in [2.05, 4.69) is 17.5 Å². The molecule has 1 aromatic heterocycles. The summed E-state index contributed by atoms with van der Waals surface area (Å²) in [5.41, 5.74) is 1.28. The molecule has 0 aliphatic rings. The molecule has 2 aromatic rings. The molecule has 4 nitrogen and oxygen atoms in total. The van der Waals surface area contributed by atoms with Crippen molar-refractivity contribution in [3.05, 3.63) is 52.2 Å². The fourth-order valence-electron chi connectivity index (χ4n) is 1.86. The first kappa shape index (κ1) is 15.2. The summed E-state index contributed by atoms with van der Waals surface area (Å²) >= 11 is 1.68. The highest BCUT2D eigenvalue weighted by molar-refractivity contribution is 7.09. The topological polar surface area (TPSA) is 56.1 Å². The molecule has 0 saturated heterocycles. The van der Waals surface area contributed by atoms with Crippen molar-refractivity contribution in [1.29, 1.82) is 5.26 Å². The van der Waals surface area contributed by atoms with E-state index >= 15 is 0 Å². The van der Waals surface area contributed by atoms with Gasteiger partial charge in [0.2, 0.25) is 5.91 Å². The Labute approximate surface area is 128 Å². The number of carbonyl (C=O) groups is 1. The Morgan fingerprint density at radius 2 is 2.10 bits per heavy atom. The number of carbonyl (C=O) groups excluding carboxylic acids is 1. The van der Waals surface area contributed by atoms with Crippen LogP contribution in [0.5, 0.6) is 0 Å². The molecular weight excluding hydrogens is 282 g/mol. The molecule has 0 unspecified atom stereocenters. The maximum absolute atomic E-state index is 12.2. The highest BCUT2D eigenvalue weighted by atomic mass is 32.1. The molecule has 1 aromatic carbocycles. The molecule has 21 heavy (non-hydrogen) atoms. The maximum Gasteiger partial charge on any atom is 0.241 e. The van der Waals surface area contributed by atoms with E-state index in [4.69, 9.17) is 5.26 Å². The first-order valence-corrected chi connectivity index (χ1v) is 7.52. The molecule has 1 N–H and O–H groups in total. The number of anilines is 1. The van der Waals surface area contributed by atoms with Crippen LogP contribution in [-0.4, -0.2) is 23.9 Å². The molecule has 0 radical (unpaired) electrons. The zero-order valence-corrected chi connectivity index (χ0v) is 12.9. The van der Waals surface area contributed by atoms with Crippen LogP contribution in [0.25, 0.3) is 0 Å². The second-order valence-electron chi connectivity index (χ2n) is 4.85. The number of nitrogens with one attached hydrogen (secondary N) is 1. The number of nitrogens with zero attached hydrogens (tertiary/aromatic N) is 2. The van der Waals surface area contributed by atoms with Gasteiger partial charge in [-0.2, -0.15) is 5.26 Å². The van der Waals surface area contributed by atoms with Crippen molar-refractivity contribution in [2.45, 2.75) is 19.5 Å². The summed E-state index contributed by atoms with van der Waals surface area (Å²) in [6.07, 6.45) is 0. The van der Waals surface area contributed by atoms with E-state index in [1.54, 1.807) is 35.6 Å². The van der Waals surface area contributed by atoms with Crippen LogP contribution in [0.1, 0.15) is 17.4 Å². The lowest BCUT2D eigenvalue weighted by Crippen LogP contribution is -2.39. The van der Waals surface area contributed by atoms with Crippen LogP contribution >= 0.6 is 11.3 Å². The quantitative estimate of drug-likeness (QED) is 0.923. The Bertz CT molecular complexity index is 629. The zero-order valence-electron chi connectivity index (χ0n) is 12.0. The highest BCUT2D eigenvalue weighted by Crippen LogP contribution is 2.14. The van der Waals surface area contributed by atoms with Gasteiger partial charge in [-0.25, -0.2) is 0 Å². The van der Waals surface area contributed by atoms with Crippen molar-refractivity contribution in [3.8, 4) is 6.07 Å². The average Bonchev–Trinajstić information content (AvgIpc) is 3.00. The Morgan fingerprint density at radius 1 is 1.38 bits per heavy atom. The fourth-order valence-corrected chi connectivity index (χ4v) is 2.63. The number of hydrogen-bond donors (Lipinski definition) is 1. The van der Waals surface area contributed by atoms with Crippen LogP contribution in [0, 0.1) is 11.3 Å². The van der Waals surface area contributed by atoms with Crippen LogP contribution in [-0.2, 0) is 11.3 Å². The number of rotatable bonds is 5. The molecule has 0 spiro atoms. The van der Waals surface area contributed by atoms with Gasteiger partial charge in [-0.3, -0.25) is 9.69 Å². The molecule has 0 saturated carbocycles. The van der Waals surface area contributed by atoms with Gasteiger partial charge in [0.05, 0.1) is 17.7 Å². The number of benzene rings is 1. The third-order valence-corrected chi connectivity index (χ3v) is 4.17. The standard InChI is InChI=1S/C16H17N3OS/c1-12(19(2)11-15-4-3-9-21-15)16(20)18-14-7-5-13(10-17)6-8-14/h3-9,12H,11H2,1-2H3,(H,18,20)/t12-/m1/s1. The molecule has 0 fully saturated rings. The van der Waals surface area contributed by atoms with E-state index in [0.717, 1.165) is 6.54 Å². The van der Waals surface area contributed by atoms with Crippen LogP contribution in [0.4, 0.5) is 5.69 Å². The van der Waals surface area contributed by atoms with Gasteiger partial charge in [0, 0.05) is 17.1 Å². The van der Waals surface area contributed by atoms with E-state index in [-0.39, 0.29) is 11.9 Å². The third-order valence-electron chi connectivity index (χ3n) is 3.31. The lowest BCUT2D eigenvalue weighted by atomic mass is 10.2. The van der Waals surface area contributed by atoms with Gasteiger partial charge in [0.25, 0.3) is 0 Å². The minimum atomic E-state index is -0.234. The van der Waals surface area contributed by atoms with Crippen molar-refractivity contribution in [1.82, 2.24) is 4.90 Å². The summed E-state index contributed by atoms with van der Waals surface area (Å²) < 4.78 is 0. The minimum Gasteiger partial charge on any atom is -0.325 e. The second kappa shape index (κ2) is 7.02. The van der Waals surface area contributed by atoms with Gasteiger partial charge in [-0.15, -0.1) is 11.3 Å². The number of nitriles is 1. The second-order valence-corrected chi connectivity index (χ2v) is 5.88. The number of amides is 1. The van der Waals surface area contributed by atoms with E-state index in [9.17, 15) is 4.79 Å². The van der Waals surface area contributed by atoms with Crippen LogP contribution in [0.2, 0.25) is 0 Å². The smallest absolute Gasteiger partial charge is 0.241 e. The van der Waals surface area contributed by atoms with Crippen molar-refractivity contribution in [2.24, 2.45) is 0 Å². The minimum absolute atomic E-state index is 0.0567. The SMILES string of the molecule is C[C@H](C(=O)Nc1ccc(C#N)cc1)N(C)Cc1cccs1. The monoisotopic (exact) mass is 299 g/mol. The number of hydrogen-bond acceptors (Lipinski definition) is 4. The van der Waals surface area contributed by atoms with Gasteiger partial charge in [0.1, 0.15) is 0 Å². The normalized spacial score (nSPS) is 11.9. The zero-order chi connectivity index (χ0) is 15.2. The molecule has 1 heterocycles. The van der Waals surface area contributed by atoms with Crippen LogP contribution in [0.3, 0.4) is 0 Å². The van der Waals surface area contributed by atoms with E-state index in [0.29, 0.717) is 11.3 Å². The number of likely N-dealkylation sites (N-methyl/N-ethyl adjacent to an activating group) is 1. The van der Waals surface area contributed by atoms with Crippen molar-refractivity contribution in [3.63, 3.8) is 0 Å². The first-order chi connectivity index (χ1) is 10.1. The molecule has 1 amide bonds. The molecule has 0 aliphatic heterocycles. The number of thiophene rings is 1. The van der Waals surface area contributed by atoms with Gasteiger partial charge in [0.15, 0.2) is 0 Å². The molecule has 5 heteroatoms. The largest absolute Gasteiger partial charge is 0.325 e. The maximum atomic E-state index is 12.2. The summed E-state index contributed by atoms with van der Waals surface area (Å²) in [4.78, 5) is 15.5. The average molecular weight is 299 g/mol. The van der Waals surface area contributed by atoms with Gasteiger partial charge < -0.3 is 5.32 Å². The summed E-state index contributed by atoms with van der Waals surface area (Å²) in [5, 5.41) is 13.7. The molecule has 108 valence electrons. The molecule has 2 rings (SSSR count). The highest BCUT2D eigenvalue weighted by Gasteiger charge is 2.18. The van der Waals surface area contributed by atoms with Gasteiger partial charge in [-0.05, 0) is 49.7 Å². The molecule has 1 atom stereocenters. The van der Waals surface area contributed by atoms with Crippen LogP contribution < -0.4 is 5.32 Å². The first-order valence-electron chi connectivity index (χ1n) is 6.64. The Balaban J connectivity index is 1.93. The Morgan fingerprint density at radius 3 is 2.67 bits per heavy atom. The van der Waals surface area contributed by atoms with Gasteiger partial charge >= 0.3 is 0 Å². The molecule has 0 bridgehead atoms. The summed E-state index contributed by atoms with van der Waals surface area (Å²) in [6, 6.07) is 12.7. The summed E-state index contributed by atoms with van der Waals surface area (Å²) in [5.74, 6) is -0.0567. The predicted molar refractivity (Wildman–Crippen MR) is 85.0 cm³/mol. The van der Waals surface area contributed by atoms with Gasteiger partial charge in [-0.1, -0.05) is 6.07 Å². The van der Waals surface area contributed by atoms with Crippen molar-refractivity contribution < 1.29 is 4.79 Å². The Kier molecular flexibility index (Phi) is 5.09. The lowest BCUT2D eigenvalue weighted by molar-refractivity contribution is -0.120. The van der Waals surface area contributed by atoms with E-state index in [1.807, 2.05) is 30.3 Å². The summed E-state index contributed by atoms with van der Waals surface area (Å²) in [7, 11) is 1.93. The van der Waals surface area contributed by atoms with Crippen LogP contribution in [0.15, 0.2) is 41.8 Å². The van der Waals surface area contributed by atoms with E-state index < -0.39 is 0 Å². The Hall–Kier alpha value is -2.16. The third kappa shape index (κ3) is 4.15.